The first-order valence-electron chi connectivity index (χ1n) is 13.4. The predicted molar refractivity (Wildman–Crippen MR) is 160 cm³/mol. The van der Waals surface area contributed by atoms with Crippen molar-refractivity contribution in [3.05, 3.63) is 0 Å². The normalized spacial score (nSPS) is 10.9. The van der Waals surface area contributed by atoms with Gasteiger partial charge in [0.25, 0.3) is 0 Å². The molecule has 0 heterocycles. The zero-order valence-corrected chi connectivity index (χ0v) is 23.3. The summed E-state index contributed by atoms with van der Waals surface area (Å²) in [5.74, 6) is 0. The van der Waals surface area contributed by atoms with Crippen LogP contribution in [0.25, 0.3) is 0 Å². The Hall–Kier alpha value is 2.74. The molecule has 0 aliphatic carbocycles. The summed E-state index contributed by atoms with van der Waals surface area (Å²) in [6, 6.07) is 0. The van der Waals surface area contributed by atoms with E-state index in [0.29, 0.717) is 12.8 Å². The molecular weight excluding hydrogens is 549 g/mol. The van der Waals surface area contributed by atoms with Gasteiger partial charge in [0.05, 0.1) is 13.2 Å². The van der Waals surface area contributed by atoms with E-state index in [1.165, 1.54) is 89.9 Å². The Morgan fingerprint density at radius 1 is 0.405 bits per heavy atom. The first kappa shape index (κ1) is 49.4. The molecule has 0 radical (unpaired) electrons. The van der Waals surface area contributed by atoms with Crippen LogP contribution in [0.1, 0.15) is 142 Å². The Balaban J connectivity index is -0.000000171. The molecule has 0 amide bonds. The molecule has 13 heteroatoms. The second-order valence-electron chi connectivity index (χ2n) is 8.86. The summed E-state index contributed by atoms with van der Waals surface area (Å²) in [5.41, 5.74) is 0. The molecule has 8 nitrogen and oxygen atoms in total. The van der Waals surface area contributed by atoms with Gasteiger partial charge in [-0.05, 0) is 12.8 Å². The molecule has 37 heavy (non-hydrogen) atoms. The third-order valence-corrected chi connectivity index (χ3v) is 6.39. The van der Waals surface area contributed by atoms with Gasteiger partial charge in [-0.2, -0.15) is 16.8 Å². The van der Waals surface area contributed by atoms with Gasteiger partial charge in [-0.15, -0.1) is 0 Å². The number of hydrogen-bond acceptors (Lipinski definition) is 6. The van der Waals surface area contributed by atoms with Gasteiger partial charge in [0.2, 0.25) is 0 Å². The van der Waals surface area contributed by atoms with E-state index in [1.54, 1.807) is 0 Å². The first-order valence-corrected chi connectivity index (χ1v) is 16.1. The van der Waals surface area contributed by atoms with Crippen LogP contribution >= 0.6 is 0 Å². The van der Waals surface area contributed by atoms with Crippen LogP contribution in [0.2, 0.25) is 0 Å². The monoisotopic (exact) mass is 604 g/mol. The Kier molecular flexibility index (Phi) is 49.1. The molecule has 0 aliphatic heterocycles. The Labute approximate surface area is 295 Å². The topological polar surface area (TPSA) is 127 Å². The van der Waals surface area contributed by atoms with Crippen molar-refractivity contribution < 1.29 is 34.3 Å². The van der Waals surface area contributed by atoms with E-state index in [0.717, 1.165) is 25.7 Å². The standard InChI is InChI=1S/2C12H26O4S.3Na.3H/c2*1-2-3-4-5-6-7-8-9-10-11-12-16-17(13,14)15;;;;;;/h2*2-12H2,1H3,(H,13,14,15);;;;;;. The Morgan fingerprint density at radius 2 is 0.595 bits per heavy atom. The second kappa shape index (κ2) is 36.8. The summed E-state index contributed by atoms with van der Waals surface area (Å²) in [4.78, 5) is 0. The summed E-state index contributed by atoms with van der Waals surface area (Å²) in [6.45, 7) is 4.62. The van der Waals surface area contributed by atoms with Crippen molar-refractivity contribution in [2.75, 3.05) is 13.2 Å². The van der Waals surface area contributed by atoms with Gasteiger partial charge in [0.15, 0.2) is 0 Å². The van der Waals surface area contributed by atoms with Crippen molar-refractivity contribution in [1.82, 2.24) is 0 Å². The van der Waals surface area contributed by atoms with Crippen LogP contribution in [0.4, 0.5) is 0 Å². The molecule has 0 saturated heterocycles. The maximum atomic E-state index is 10.2. The quantitative estimate of drug-likeness (QED) is 0.0839. The molecule has 0 rings (SSSR count). The third kappa shape index (κ3) is 55.3. The molecule has 0 aromatic heterocycles. The maximum absolute atomic E-state index is 10.2. The molecule has 0 bridgehead atoms. The van der Waals surface area contributed by atoms with Gasteiger partial charge in [0, 0.05) is 0 Å². The number of unbranched alkanes of at least 4 members (excludes halogenated alkanes) is 18. The molecule has 0 unspecified atom stereocenters. The van der Waals surface area contributed by atoms with Gasteiger partial charge in [-0.3, -0.25) is 9.11 Å². The average molecular weight is 605 g/mol. The minimum atomic E-state index is -4.23. The molecule has 0 spiro atoms. The fourth-order valence-corrected chi connectivity index (χ4v) is 4.16. The fraction of sp³-hybridized carbons (Fsp3) is 1.00. The van der Waals surface area contributed by atoms with Crippen molar-refractivity contribution in [2.24, 2.45) is 0 Å². The SMILES string of the molecule is CCCCCCCCCCCCOS(=O)(=O)O.CCCCCCCCCCCCOS(=O)(=O)O.[NaH].[NaH].[NaH]. The van der Waals surface area contributed by atoms with Crippen LogP contribution < -0.4 is 0 Å². The van der Waals surface area contributed by atoms with E-state index in [9.17, 15) is 16.8 Å². The van der Waals surface area contributed by atoms with Gasteiger partial charge in [-0.25, -0.2) is 8.37 Å². The molecule has 0 atom stereocenters. The third-order valence-electron chi connectivity index (χ3n) is 5.46. The first-order chi connectivity index (χ1) is 16.1. The molecule has 2 N–H and O–H groups in total. The minimum absolute atomic E-state index is 0. The second-order valence-corrected chi connectivity index (χ2v) is 11.0. The zero-order chi connectivity index (χ0) is 26.0. The van der Waals surface area contributed by atoms with E-state index in [-0.39, 0.29) is 102 Å². The van der Waals surface area contributed by atoms with Crippen LogP contribution in [-0.4, -0.2) is 128 Å². The van der Waals surface area contributed by atoms with Crippen molar-refractivity contribution >= 4 is 109 Å². The van der Waals surface area contributed by atoms with E-state index < -0.39 is 20.8 Å². The summed E-state index contributed by atoms with van der Waals surface area (Å²) in [6.07, 6.45) is 23.7. The van der Waals surface area contributed by atoms with E-state index in [1.807, 2.05) is 0 Å². The Morgan fingerprint density at radius 3 is 0.784 bits per heavy atom. The summed E-state index contributed by atoms with van der Waals surface area (Å²) >= 11 is 0. The molecule has 0 saturated carbocycles. The van der Waals surface area contributed by atoms with Crippen LogP contribution in [0.15, 0.2) is 0 Å². The van der Waals surface area contributed by atoms with Crippen molar-refractivity contribution in [3.63, 3.8) is 0 Å². The summed E-state index contributed by atoms with van der Waals surface area (Å²) < 4.78 is 66.0. The van der Waals surface area contributed by atoms with E-state index in [2.05, 4.69) is 22.2 Å². The van der Waals surface area contributed by atoms with Gasteiger partial charge < -0.3 is 0 Å². The molecule has 214 valence electrons. The van der Waals surface area contributed by atoms with E-state index >= 15 is 0 Å². The number of hydrogen-bond donors (Lipinski definition) is 2. The van der Waals surface area contributed by atoms with Gasteiger partial charge in [0.1, 0.15) is 0 Å². The van der Waals surface area contributed by atoms with Crippen LogP contribution in [0, 0.1) is 0 Å². The molecule has 0 aromatic carbocycles. The van der Waals surface area contributed by atoms with Crippen molar-refractivity contribution in [1.29, 1.82) is 0 Å². The zero-order valence-electron chi connectivity index (χ0n) is 21.7. The van der Waals surface area contributed by atoms with Crippen molar-refractivity contribution in [2.45, 2.75) is 142 Å². The molecular formula is C24H55Na3O8S2. The van der Waals surface area contributed by atoms with Crippen LogP contribution in [-0.2, 0) is 29.2 Å². The van der Waals surface area contributed by atoms with Gasteiger partial charge in [-0.1, -0.05) is 129 Å². The predicted octanol–water partition coefficient (Wildman–Crippen LogP) is 5.51. The van der Waals surface area contributed by atoms with Gasteiger partial charge >= 0.3 is 109 Å². The fourth-order valence-electron chi connectivity index (χ4n) is 3.51. The van der Waals surface area contributed by atoms with Crippen LogP contribution in [0.3, 0.4) is 0 Å². The van der Waals surface area contributed by atoms with E-state index in [4.69, 9.17) is 9.11 Å². The molecule has 0 aliphatic rings. The Bertz CT molecular complexity index is 567. The van der Waals surface area contributed by atoms with Crippen LogP contribution in [0.5, 0.6) is 0 Å². The average Bonchev–Trinajstić information content (AvgIpc) is 2.75. The summed E-state index contributed by atoms with van der Waals surface area (Å²) in [5, 5.41) is 0. The van der Waals surface area contributed by atoms with Crippen molar-refractivity contribution in [3.8, 4) is 0 Å². The molecule has 0 aromatic rings. The molecule has 0 fully saturated rings. The number of rotatable bonds is 24. The summed E-state index contributed by atoms with van der Waals surface area (Å²) in [7, 11) is -8.47.